The number of allylic oxidation sites excluding steroid dienone is 2. The minimum absolute atomic E-state index is 0.143. The number of hydrogen-bond donors (Lipinski definition) is 1. The third kappa shape index (κ3) is 3.87. The zero-order valence-electron chi connectivity index (χ0n) is 13.7. The van der Waals surface area contributed by atoms with Crippen molar-refractivity contribution < 1.29 is 13.2 Å². The molecule has 0 bridgehead atoms. The molecule has 1 saturated heterocycles. The predicted octanol–water partition coefficient (Wildman–Crippen LogP) is 2.40. The largest absolute Gasteiger partial charge is 0.342 e. The summed E-state index contributed by atoms with van der Waals surface area (Å²) in [5, 5.41) is 5.13. The van der Waals surface area contributed by atoms with Crippen molar-refractivity contribution in [1.29, 1.82) is 0 Å². The number of primary sulfonamides is 1. The molecule has 24 heavy (non-hydrogen) atoms. The summed E-state index contributed by atoms with van der Waals surface area (Å²) in [6, 6.07) is 6.81. The Morgan fingerprint density at radius 1 is 1.04 bits per heavy atom. The molecule has 1 fully saturated rings. The van der Waals surface area contributed by atoms with E-state index in [1.54, 1.807) is 12.1 Å². The number of carbonyl (C=O) groups excluding carboxylic acids is 1. The van der Waals surface area contributed by atoms with E-state index in [1.807, 2.05) is 17.0 Å². The Morgan fingerprint density at radius 2 is 1.71 bits per heavy atom. The van der Waals surface area contributed by atoms with E-state index in [2.05, 4.69) is 12.2 Å². The summed E-state index contributed by atoms with van der Waals surface area (Å²) in [5.74, 6) is 0.817. The minimum Gasteiger partial charge on any atom is -0.342 e. The van der Waals surface area contributed by atoms with Crippen LogP contribution in [0.15, 0.2) is 41.3 Å². The van der Waals surface area contributed by atoms with Crippen molar-refractivity contribution in [3.8, 4) is 0 Å². The topological polar surface area (TPSA) is 80.5 Å². The van der Waals surface area contributed by atoms with Crippen LogP contribution in [0.25, 0.3) is 0 Å². The molecule has 1 aliphatic heterocycles. The lowest BCUT2D eigenvalue weighted by molar-refractivity contribution is -0.136. The molecule has 1 amide bonds. The highest BCUT2D eigenvalue weighted by Gasteiger charge is 2.28. The number of nitrogens with two attached hydrogens (primary N) is 1. The van der Waals surface area contributed by atoms with E-state index in [4.69, 9.17) is 5.14 Å². The molecule has 3 rings (SSSR count). The smallest absolute Gasteiger partial charge is 0.238 e. The summed E-state index contributed by atoms with van der Waals surface area (Å²) in [6.45, 7) is 1.56. The quantitative estimate of drug-likeness (QED) is 0.852. The van der Waals surface area contributed by atoms with Crippen LogP contribution in [0.2, 0.25) is 0 Å². The first-order valence-electron chi connectivity index (χ1n) is 8.51. The van der Waals surface area contributed by atoms with E-state index in [0.717, 1.165) is 50.8 Å². The van der Waals surface area contributed by atoms with Gasteiger partial charge in [0.15, 0.2) is 0 Å². The van der Waals surface area contributed by atoms with Gasteiger partial charge in [0.05, 0.1) is 4.90 Å². The lowest BCUT2D eigenvalue weighted by atomic mass is 9.87. The highest BCUT2D eigenvalue weighted by Crippen LogP contribution is 2.30. The summed E-state index contributed by atoms with van der Waals surface area (Å²) in [4.78, 5) is 14.7. The molecule has 2 aliphatic rings. The molecule has 1 aromatic carbocycles. The highest BCUT2D eigenvalue weighted by molar-refractivity contribution is 7.89. The maximum atomic E-state index is 12.6. The number of carbonyl (C=O) groups is 1. The van der Waals surface area contributed by atoms with Gasteiger partial charge in [0.2, 0.25) is 15.9 Å². The van der Waals surface area contributed by atoms with Crippen molar-refractivity contribution in [3.63, 3.8) is 0 Å². The van der Waals surface area contributed by atoms with Crippen molar-refractivity contribution in [2.75, 3.05) is 13.1 Å². The number of hydrogen-bond acceptors (Lipinski definition) is 3. The van der Waals surface area contributed by atoms with E-state index in [9.17, 15) is 13.2 Å². The van der Waals surface area contributed by atoms with Crippen LogP contribution in [0, 0.1) is 5.92 Å². The van der Waals surface area contributed by atoms with Crippen molar-refractivity contribution in [3.05, 3.63) is 42.0 Å². The van der Waals surface area contributed by atoms with Crippen molar-refractivity contribution in [2.24, 2.45) is 11.1 Å². The molecular formula is C18H24N2O3S. The van der Waals surface area contributed by atoms with Crippen LogP contribution in [0.5, 0.6) is 0 Å². The second-order valence-electron chi connectivity index (χ2n) is 6.69. The van der Waals surface area contributed by atoms with Gasteiger partial charge < -0.3 is 4.90 Å². The molecule has 0 aromatic heterocycles. The van der Waals surface area contributed by atoms with E-state index < -0.39 is 10.0 Å². The third-order valence-corrected chi connectivity index (χ3v) is 6.03. The summed E-state index contributed by atoms with van der Waals surface area (Å²) < 4.78 is 22.6. The van der Waals surface area contributed by atoms with Crippen LogP contribution in [0.4, 0.5) is 0 Å². The van der Waals surface area contributed by atoms with Gasteiger partial charge in [0, 0.05) is 19.0 Å². The second kappa shape index (κ2) is 7.07. The number of benzene rings is 1. The third-order valence-electron chi connectivity index (χ3n) is 5.10. The second-order valence-corrected chi connectivity index (χ2v) is 8.26. The summed E-state index contributed by atoms with van der Waals surface area (Å²) >= 11 is 0. The Labute approximate surface area is 143 Å². The number of piperidine rings is 1. The van der Waals surface area contributed by atoms with E-state index >= 15 is 0 Å². The Hall–Kier alpha value is -1.66. The average Bonchev–Trinajstić information content (AvgIpc) is 2.61. The molecule has 130 valence electrons. The van der Waals surface area contributed by atoms with Crippen LogP contribution in [-0.4, -0.2) is 32.3 Å². The number of nitrogens with zero attached hydrogens (tertiary/aromatic N) is 1. The van der Waals surface area contributed by atoms with Gasteiger partial charge in [-0.15, -0.1) is 0 Å². The maximum Gasteiger partial charge on any atom is 0.238 e. The number of likely N-dealkylation sites (tertiary alicyclic amines) is 1. The Kier molecular flexibility index (Phi) is 5.06. The first-order valence-corrected chi connectivity index (χ1v) is 10.1. The van der Waals surface area contributed by atoms with Crippen molar-refractivity contribution >= 4 is 15.9 Å². The monoisotopic (exact) mass is 348 g/mol. The van der Waals surface area contributed by atoms with E-state index in [-0.39, 0.29) is 10.8 Å². The molecule has 6 heteroatoms. The van der Waals surface area contributed by atoms with Crippen LogP contribution in [0.3, 0.4) is 0 Å². The number of sulfonamides is 1. The van der Waals surface area contributed by atoms with Gasteiger partial charge >= 0.3 is 0 Å². The zero-order chi connectivity index (χ0) is 17.2. The molecular weight excluding hydrogens is 324 g/mol. The molecule has 0 radical (unpaired) electrons. The Bertz CT molecular complexity index is 717. The van der Waals surface area contributed by atoms with Gasteiger partial charge in [0.25, 0.3) is 0 Å². The molecule has 1 aliphatic carbocycles. The molecule has 1 atom stereocenters. The van der Waals surface area contributed by atoms with Gasteiger partial charge in [-0.25, -0.2) is 13.6 Å². The summed E-state index contributed by atoms with van der Waals surface area (Å²) in [6.07, 6.45) is 8.94. The van der Waals surface area contributed by atoms with E-state index in [1.165, 1.54) is 0 Å². The average molecular weight is 348 g/mol. The Morgan fingerprint density at radius 3 is 2.25 bits per heavy atom. The molecule has 5 nitrogen and oxygen atoms in total. The summed E-state index contributed by atoms with van der Waals surface area (Å²) in [7, 11) is -3.64. The van der Waals surface area contributed by atoms with Crippen LogP contribution in [0.1, 0.15) is 43.6 Å². The molecule has 0 spiro atoms. The van der Waals surface area contributed by atoms with Gasteiger partial charge in [-0.3, -0.25) is 4.79 Å². The number of amides is 1. The number of rotatable bonds is 3. The SMILES string of the molecule is NS(=O)(=O)c1ccc(C2CCN(C(=O)C3CC=CCC3)CC2)cc1. The lowest BCUT2D eigenvalue weighted by Gasteiger charge is -2.34. The van der Waals surface area contributed by atoms with Crippen molar-refractivity contribution in [2.45, 2.75) is 42.9 Å². The molecule has 0 saturated carbocycles. The Balaban J connectivity index is 1.58. The van der Waals surface area contributed by atoms with Gasteiger partial charge in [0.1, 0.15) is 0 Å². The minimum atomic E-state index is -3.64. The highest BCUT2D eigenvalue weighted by atomic mass is 32.2. The van der Waals surface area contributed by atoms with Gasteiger partial charge in [-0.05, 0) is 55.7 Å². The van der Waals surface area contributed by atoms with Gasteiger partial charge in [-0.2, -0.15) is 0 Å². The molecule has 1 aromatic rings. The van der Waals surface area contributed by atoms with Crippen molar-refractivity contribution in [1.82, 2.24) is 4.90 Å². The van der Waals surface area contributed by atoms with Gasteiger partial charge in [-0.1, -0.05) is 24.3 Å². The fourth-order valence-electron chi connectivity index (χ4n) is 3.64. The first-order chi connectivity index (χ1) is 11.4. The summed E-state index contributed by atoms with van der Waals surface area (Å²) in [5.41, 5.74) is 1.12. The van der Waals surface area contributed by atoms with Crippen LogP contribution >= 0.6 is 0 Å². The zero-order valence-corrected chi connectivity index (χ0v) is 14.5. The maximum absolute atomic E-state index is 12.6. The normalized spacial score (nSPS) is 22.5. The molecule has 1 unspecified atom stereocenters. The lowest BCUT2D eigenvalue weighted by Crippen LogP contribution is -2.41. The van der Waals surface area contributed by atoms with Crippen LogP contribution in [-0.2, 0) is 14.8 Å². The molecule has 2 N–H and O–H groups in total. The fourth-order valence-corrected chi connectivity index (χ4v) is 4.15. The fraction of sp³-hybridized carbons (Fsp3) is 0.500. The standard InChI is InChI=1S/C18H24N2O3S/c19-24(22,23)17-8-6-14(7-9-17)15-10-12-20(13-11-15)18(21)16-4-2-1-3-5-16/h1-2,6-9,15-16H,3-5,10-13H2,(H2,19,22,23). The van der Waals surface area contributed by atoms with Crippen LogP contribution < -0.4 is 5.14 Å². The predicted molar refractivity (Wildman–Crippen MR) is 92.9 cm³/mol. The molecule has 1 heterocycles. The first kappa shape index (κ1) is 17.2. The van der Waals surface area contributed by atoms with E-state index in [0.29, 0.717) is 11.8 Å².